The molecule has 1 heterocycles. The van der Waals surface area contributed by atoms with Crippen LogP contribution in [0.2, 0.25) is 0 Å². The molecule has 0 aliphatic carbocycles. The Morgan fingerprint density at radius 2 is 1.68 bits per heavy atom. The van der Waals surface area contributed by atoms with E-state index >= 15 is 0 Å². The normalized spacial score (nSPS) is 16.1. The van der Waals surface area contributed by atoms with Crippen molar-refractivity contribution in [3.8, 4) is 11.5 Å². The standard InChI is InChI=1S/C18H14N2O4S/c21-11-10-15-16(22)19-18(25)20(17(15)23)12-6-8-14(9-7-12)24-13-4-2-1-3-5-13/h1-10,21H,11H2,(H,19,22,25)/b15-10+. The van der Waals surface area contributed by atoms with Crippen LogP contribution in [-0.2, 0) is 9.59 Å². The molecule has 0 saturated carbocycles. The van der Waals surface area contributed by atoms with Crippen molar-refractivity contribution in [2.45, 2.75) is 0 Å². The van der Waals surface area contributed by atoms with E-state index in [2.05, 4.69) is 5.32 Å². The van der Waals surface area contributed by atoms with Gasteiger partial charge in [0.1, 0.15) is 17.1 Å². The molecule has 7 heteroatoms. The summed E-state index contributed by atoms with van der Waals surface area (Å²) in [6.07, 6.45) is 1.15. The van der Waals surface area contributed by atoms with E-state index in [0.29, 0.717) is 17.2 Å². The van der Waals surface area contributed by atoms with Gasteiger partial charge in [-0.2, -0.15) is 0 Å². The van der Waals surface area contributed by atoms with Crippen LogP contribution in [0.1, 0.15) is 0 Å². The first-order chi connectivity index (χ1) is 12.1. The van der Waals surface area contributed by atoms with Crippen molar-refractivity contribution in [1.82, 2.24) is 5.32 Å². The number of nitrogens with zero attached hydrogens (tertiary/aromatic N) is 1. The van der Waals surface area contributed by atoms with E-state index in [0.717, 1.165) is 6.08 Å². The fourth-order valence-electron chi connectivity index (χ4n) is 2.32. The van der Waals surface area contributed by atoms with Crippen LogP contribution in [0.15, 0.2) is 66.2 Å². The minimum absolute atomic E-state index is 0.0122. The van der Waals surface area contributed by atoms with E-state index in [1.54, 1.807) is 24.3 Å². The van der Waals surface area contributed by atoms with Crippen molar-refractivity contribution in [1.29, 1.82) is 0 Å². The van der Waals surface area contributed by atoms with E-state index in [-0.39, 0.29) is 10.7 Å². The first kappa shape index (κ1) is 16.8. The number of carbonyl (C=O) groups is 2. The summed E-state index contributed by atoms with van der Waals surface area (Å²) in [5, 5.41) is 11.4. The summed E-state index contributed by atoms with van der Waals surface area (Å²) < 4.78 is 5.70. The average molecular weight is 354 g/mol. The smallest absolute Gasteiger partial charge is 0.269 e. The number of amides is 2. The van der Waals surface area contributed by atoms with Gasteiger partial charge < -0.3 is 9.84 Å². The summed E-state index contributed by atoms with van der Waals surface area (Å²) in [7, 11) is 0. The number of thiocarbonyl (C=S) groups is 1. The number of anilines is 1. The molecule has 0 spiro atoms. The van der Waals surface area contributed by atoms with Crippen molar-refractivity contribution in [3.63, 3.8) is 0 Å². The lowest BCUT2D eigenvalue weighted by Crippen LogP contribution is -2.54. The zero-order valence-corrected chi connectivity index (χ0v) is 13.8. The van der Waals surface area contributed by atoms with Gasteiger partial charge in [0.2, 0.25) is 0 Å². The van der Waals surface area contributed by atoms with E-state index in [9.17, 15) is 9.59 Å². The van der Waals surface area contributed by atoms with Gasteiger partial charge in [-0.3, -0.25) is 19.8 Å². The molecule has 0 aromatic heterocycles. The maximum Gasteiger partial charge on any atom is 0.269 e. The minimum Gasteiger partial charge on any atom is -0.457 e. The summed E-state index contributed by atoms with van der Waals surface area (Å²) in [6, 6.07) is 16.0. The van der Waals surface area contributed by atoms with Crippen molar-refractivity contribution in [2.24, 2.45) is 0 Å². The monoisotopic (exact) mass is 354 g/mol. The Hall–Kier alpha value is -3.03. The number of rotatable bonds is 4. The van der Waals surface area contributed by atoms with Gasteiger partial charge in [0.15, 0.2) is 5.11 Å². The maximum atomic E-state index is 12.5. The molecule has 2 amide bonds. The molecule has 0 radical (unpaired) electrons. The molecule has 0 atom stereocenters. The number of carbonyl (C=O) groups excluding carboxylic acids is 2. The van der Waals surface area contributed by atoms with Gasteiger partial charge in [-0.05, 0) is 54.7 Å². The van der Waals surface area contributed by atoms with Crippen molar-refractivity contribution in [2.75, 3.05) is 11.5 Å². The van der Waals surface area contributed by atoms with Crippen LogP contribution in [0.5, 0.6) is 11.5 Å². The van der Waals surface area contributed by atoms with Gasteiger partial charge in [0, 0.05) is 0 Å². The number of hydrogen-bond acceptors (Lipinski definition) is 5. The molecule has 2 aromatic carbocycles. The highest BCUT2D eigenvalue weighted by atomic mass is 32.1. The third kappa shape index (κ3) is 3.57. The summed E-state index contributed by atoms with van der Waals surface area (Å²) in [5.41, 5.74) is 0.333. The molecule has 6 nitrogen and oxygen atoms in total. The number of nitrogens with one attached hydrogen (secondary N) is 1. The van der Waals surface area contributed by atoms with Crippen LogP contribution in [0, 0.1) is 0 Å². The Bertz CT molecular complexity index is 847. The summed E-state index contributed by atoms with van der Waals surface area (Å²) in [5.74, 6) is 0.0876. The number of aliphatic hydroxyl groups excluding tert-OH is 1. The lowest BCUT2D eigenvalue weighted by atomic mass is 10.1. The number of hydrogen-bond donors (Lipinski definition) is 2. The van der Waals surface area contributed by atoms with Gasteiger partial charge in [-0.1, -0.05) is 18.2 Å². The van der Waals surface area contributed by atoms with Gasteiger partial charge in [-0.25, -0.2) is 0 Å². The van der Waals surface area contributed by atoms with Gasteiger partial charge in [-0.15, -0.1) is 0 Å². The maximum absolute atomic E-state index is 12.5. The predicted molar refractivity (Wildman–Crippen MR) is 96.4 cm³/mol. The highest BCUT2D eigenvalue weighted by molar-refractivity contribution is 7.80. The third-order valence-electron chi connectivity index (χ3n) is 3.47. The van der Waals surface area contributed by atoms with Crippen LogP contribution in [0.25, 0.3) is 0 Å². The summed E-state index contributed by atoms with van der Waals surface area (Å²) >= 11 is 5.09. The van der Waals surface area contributed by atoms with Crippen LogP contribution in [0.4, 0.5) is 5.69 Å². The molecule has 2 N–H and O–H groups in total. The average Bonchev–Trinajstić information content (AvgIpc) is 2.61. The van der Waals surface area contributed by atoms with Crippen molar-refractivity contribution < 1.29 is 19.4 Å². The Kier molecular flexibility index (Phi) is 4.87. The number of aliphatic hydroxyl groups is 1. The fourth-order valence-corrected chi connectivity index (χ4v) is 2.60. The van der Waals surface area contributed by atoms with E-state index in [1.807, 2.05) is 30.3 Å². The Morgan fingerprint density at radius 3 is 2.32 bits per heavy atom. The van der Waals surface area contributed by atoms with Crippen molar-refractivity contribution >= 4 is 34.8 Å². The first-order valence-corrected chi connectivity index (χ1v) is 7.84. The molecule has 126 valence electrons. The molecule has 1 saturated heterocycles. The van der Waals surface area contributed by atoms with Gasteiger partial charge in [0.05, 0.1) is 12.3 Å². The molecule has 1 aliphatic heterocycles. The fraction of sp³-hybridized carbons (Fsp3) is 0.0556. The lowest BCUT2D eigenvalue weighted by molar-refractivity contribution is -0.122. The molecular formula is C18H14N2O4S. The molecule has 2 aromatic rings. The predicted octanol–water partition coefficient (Wildman–Crippen LogP) is 2.15. The Balaban J connectivity index is 1.83. The largest absolute Gasteiger partial charge is 0.457 e. The number of benzene rings is 2. The SMILES string of the molecule is O=C1NC(=S)N(c2ccc(Oc3ccccc3)cc2)C(=O)/C1=C/CO. The first-order valence-electron chi connectivity index (χ1n) is 7.44. The molecule has 1 aliphatic rings. The topological polar surface area (TPSA) is 78.9 Å². The zero-order valence-electron chi connectivity index (χ0n) is 13.0. The van der Waals surface area contributed by atoms with Crippen LogP contribution in [-0.4, -0.2) is 28.6 Å². The van der Waals surface area contributed by atoms with Crippen LogP contribution < -0.4 is 15.0 Å². The second kappa shape index (κ2) is 7.25. The number of ether oxygens (including phenoxy) is 1. The molecule has 0 bridgehead atoms. The lowest BCUT2D eigenvalue weighted by Gasteiger charge is -2.28. The zero-order chi connectivity index (χ0) is 17.8. The van der Waals surface area contributed by atoms with E-state index in [1.165, 1.54) is 4.90 Å². The second-order valence-electron chi connectivity index (χ2n) is 5.11. The van der Waals surface area contributed by atoms with Crippen LogP contribution >= 0.6 is 12.2 Å². The van der Waals surface area contributed by atoms with E-state index in [4.69, 9.17) is 22.1 Å². The second-order valence-corrected chi connectivity index (χ2v) is 5.50. The molecular weight excluding hydrogens is 340 g/mol. The third-order valence-corrected chi connectivity index (χ3v) is 3.76. The number of para-hydroxylation sites is 1. The van der Waals surface area contributed by atoms with E-state index < -0.39 is 18.4 Å². The quantitative estimate of drug-likeness (QED) is 0.500. The summed E-state index contributed by atoms with van der Waals surface area (Å²) in [6.45, 7) is -0.418. The summed E-state index contributed by atoms with van der Waals surface area (Å²) in [4.78, 5) is 25.5. The Labute approximate surface area is 149 Å². The minimum atomic E-state index is -0.621. The highest BCUT2D eigenvalue weighted by Gasteiger charge is 2.34. The molecule has 25 heavy (non-hydrogen) atoms. The molecule has 0 unspecified atom stereocenters. The van der Waals surface area contributed by atoms with Crippen LogP contribution in [0.3, 0.4) is 0 Å². The van der Waals surface area contributed by atoms with Crippen molar-refractivity contribution in [3.05, 3.63) is 66.2 Å². The van der Waals surface area contributed by atoms with Gasteiger partial charge >= 0.3 is 0 Å². The highest BCUT2D eigenvalue weighted by Crippen LogP contribution is 2.26. The Morgan fingerprint density at radius 1 is 1.04 bits per heavy atom. The molecule has 3 rings (SSSR count). The molecule has 1 fully saturated rings. The van der Waals surface area contributed by atoms with Gasteiger partial charge in [0.25, 0.3) is 11.8 Å².